The SMILES string of the molecule is CCN1CCN(C(CN)C2CCCC(C)C2)CC1. The molecule has 0 amide bonds. The number of nitrogens with zero attached hydrogens (tertiary/aromatic N) is 2. The van der Waals surface area contributed by atoms with E-state index >= 15 is 0 Å². The van der Waals surface area contributed by atoms with E-state index in [2.05, 4.69) is 23.6 Å². The molecule has 2 rings (SSSR count). The molecule has 0 spiro atoms. The molecule has 1 heterocycles. The van der Waals surface area contributed by atoms with Crippen LogP contribution in [0.2, 0.25) is 0 Å². The Bertz CT molecular complexity index is 236. The normalized spacial score (nSPS) is 33.5. The van der Waals surface area contributed by atoms with E-state index in [1.165, 1.54) is 58.4 Å². The van der Waals surface area contributed by atoms with Crippen molar-refractivity contribution in [3.63, 3.8) is 0 Å². The van der Waals surface area contributed by atoms with Crippen molar-refractivity contribution in [2.75, 3.05) is 39.3 Å². The summed E-state index contributed by atoms with van der Waals surface area (Å²) in [6, 6.07) is 0.645. The quantitative estimate of drug-likeness (QED) is 0.829. The summed E-state index contributed by atoms with van der Waals surface area (Å²) in [5.41, 5.74) is 6.09. The Morgan fingerprint density at radius 3 is 2.44 bits per heavy atom. The number of nitrogens with two attached hydrogens (primary N) is 1. The van der Waals surface area contributed by atoms with Crippen LogP contribution in [0.25, 0.3) is 0 Å². The van der Waals surface area contributed by atoms with Gasteiger partial charge in [0.25, 0.3) is 0 Å². The van der Waals surface area contributed by atoms with Crippen molar-refractivity contribution >= 4 is 0 Å². The van der Waals surface area contributed by atoms with Crippen LogP contribution in [0.3, 0.4) is 0 Å². The van der Waals surface area contributed by atoms with E-state index in [1.807, 2.05) is 0 Å². The molecule has 3 unspecified atom stereocenters. The third-order valence-electron chi connectivity index (χ3n) is 5.09. The maximum Gasteiger partial charge on any atom is 0.0247 e. The molecule has 0 bridgehead atoms. The molecule has 2 fully saturated rings. The van der Waals surface area contributed by atoms with Gasteiger partial charge in [-0.05, 0) is 31.2 Å². The Hall–Kier alpha value is -0.120. The highest BCUT2D eigenvalue weighted by atomic mass is 15.3. The van der Waals surface area contributed by atoms with Gasteiger partial charge in [-0.2, -0.15) is 0 Å². The molecular weight excluding hydrogens is 222 g/mol. The molecular formula is C15H31N3. The van der Waals surface area contributed by atoms with Gasteiger partial charge in [0, 0.05) is 38.8 Å². The first kappa shape index (κ1) is 14.3. The third-order valence-corrected chi connectivity index (χ3v) is 5.09. The second-order valence-corrected chi connectivity index (χ2v) is 6.31. The molecule has 1 aliphatic carbocycles. The van der Waals surface area contributed by atoms with Crippen LogP contribution in [0.4, 0.5) is 0 Å². The van der Waals surface area contributed by atoms with Gasteiger partial charge in [-0.3, -0.25) is 4.90 Å². The van der Waals surface area contributed by atoms with Crippen LogP contribution in [0.1, 0.15) is 39.5 Å². The van der Waals surface area contributed by atoms with Crippen LogP contribution in [0.5, 0.6) is 0 Å². The highest BCUT2D eigenvalue weighted by molar-refractivity contribution is 4.86. The van der Waals surface area contributed by atoms with E-state index in [0.29, 0.717) is 6.04 Å². The van der Waals surface area contributed by atoms with Crippen molar-refractivity contribution < 1.29 is 0 Å². The maximum absolute atomic E-state index is 6.09. The van der Waals surface area contributed by atoms with Gasteiger partial charge >= 0.3 is 0 Å². The van der Waals surface area contributed by atoms with Gasteiger partial charge in [0.2, 0.25) is 0 Å². The predicted molar refractivity (Wildman–Crippen MR) is 77.7 cm³/mol. The molecule has 3 heteroatoms. The second-order valence-electron chi connectivity index (χ2n) is 6.31. The van der Waals surface area contributed by atoms with Crippen LogP contribution in [-0.4, -0.2) is 55.1 Å². The molecule has 1 saturated carbocycles. The fourth-order valence-electron chi connectivity index (χ4n) is 3.88. The first-order valence-corrected chi connectivity index (χ1v) is 7.91. The molecule has 2 aliphatic rings. The molecule has 3 nitrogen and oxygen atoms in total. The summed E-state index contributed by atoms with van der Waals surface area (Å²) < 4.78 is 0. The molecule has 0 aromatic heterocycles. The van der Waals surface area contributed by atoms with Gasteiger partial charge in [-0.15, -0.1) is 0 Å². The molecule has 3 atom stereocenters. The number of piperazine rings is 1. The lowest BCUT2D eigenvalue weighted by molar-refractivity contribution is 0.0575. The molecule has 18 heavy (non-hydrogen) atoms. The monoisotopic (exact) mass is 253 g/mol. The largest absolute Gasteiger partial charge is 0.329 e. The second kappa shape index (κ2) is 6.88. The summed E-state index contributed by atoms with van der Waals surface area (Å²) >= 11 is 0. The minimum atomic E-state index is 0.645. The van der Waals surface area contributed by atoms with Gasteiger partial charge < -0.3 is 10.6 Å². The van der Waals surface area contributed by atoms with Gasteiger partial charge in [0.1, 0.15) is 0 Å². The summed E-state index contributed by atoms with van der Waals surface area (Å²) in [4.78, 5) is 5.22. The van der Waals surface area contributed by atoms with Crippen LogP contribution in [-0.2, 0) is 0 Å². The van der Waals surface area contributed by atoms with E-state index in [1.54, 1.807) is 0 Å². The van der Waals surface area contributed by atoms with Crippen LogP contribution >= 0.6 is 0 Å². The molecule has 2 N–H and O–H groups in total. The summed E-state index contributed by atoms with van der Waals surface area (Å²) in [5.74, 6) is 1.77. The number of hydrogen-bond donors (Lipinski definition) is 1. The summed E-state index contributed by atoms with van der Waals surface area (Å²) in [6.45, 7) is 11.6. The van der Waals surface area contributed by atoms with E-state index in [9.17, 15) is 0 Å². The van der Waals surface area contributed by atoms with Crippen molar-refractivity contribution in [1.29, 1.82) is 0 Å². The number of hydrogen-bond acceptors (Lipinski definition) is 3. The molecule has 0 aromatic carbocycles. The lowest BCUT2D eigenvalue weighted by Gasteiger charge is -2.43. The minimum Gasteiger partial charge on any atom is -0.329 e. The smallest absolute Gasteiger partial charge is 0.0247 e. The van der Waals surface area contributed by atoms with Crippen LogP contribution in [0, 0.1) is 11.8 Å². The van der Waals surface area contributed by atoms with E-state index in [-0.39, 0.29) is 0 Å². The predicted octanol–water partition coefficient (Wildman–Crippen LogP) is 1.78. The average Bonchev–Trinajstić information content (AvgIpc) is 2.40. The Labute approximate surface area is 113 Å². The van der Waals surface area contributed by atoms with Gasteiger partial charge in [-0.1, -0.05) is 26.7 Å². The van der Waals surface area contributed by atoms with Crippen molar-refractivity contribution in [2.45, 2.75) is 45.6 Å². The maximum atomic E-state index is 6.09. The van der Waals surface area contributed by atoms with Crippen molar-refractivity contribution in [2.24, 2.45) is 17.6 Å². The zero-order valence-electron chi connectivity index (χ0n) is 12.3. The minimum absolute atomic E-state index is 0.645. The van der Waals surface area contributed by atoms with Crippen LogP contribution in [0.15, 0.2) is 0 Å². The first-order chi connectivity index (χ1) is 8.74. The van der Waals surface area contributed by atoms with E-state index < -0.39 is 0 Å². The Kier molecular flexibility index (Phi) is 5.46. The Balaban J connectivity index is 1.88. The lowest BCUT2D eigenvalue weighted by atomic mass is 9.78. The van der Waals surface area contributed by atoms with Crippen molar-refractivity contribution in [3.8, 4) is 0 Å². The standard InChI is InChI=1S/C15H31N3/c1-3-17-7-9-18(10-8-17)15(12-16)14-6-4-5-13(2)11-14/h13-15H,3-12,16H2,1-2H3. The summed E-state index contributed by atoms with van der Waals surface area (Å²) in [7, 11) is 0. The first-order valence-electron chi connectivity index (χ1n) is 7.91. The van der Waals surface area contributed by atoms with Gasteiger partial charge in [0.15, 0.2) is 0 Å². The highest BCUT2D eigenvalue weighted by Crippen LogP contribution is 2.32. The van der Waals surface area contributed by atoms with Gasteiger partial charge in [0.05, 0.1) is 0 Å². The Morgan fingerprint density at radius 1 is 1.17 bits per heavy atom. The van der Waals surface area contributed by atoms with Crippen molar-refractivity contribution in [1.82, 2.24) is 9.80 Å². The van der Waals surface area contributed by atoms with E-state index in [4.69, 9.17) is 5.73 Å². The van der Waals surface area contributed by atoms with E-state index in [0.717, 1.165) is 18.4 Å². The lowest BCUT2D eigenvalue weighted by Crippen LogP contribution is -2.55. The Morgan fingerprint density at radius 2 is 1.89 bits per heavy atom. The third kappa shape index (κ3) is 3.46. The van der Waals surface area contributed by atoms with Gasteiger partial charge in [-0.25, -0.2) is 0 Å². The summed E-state index contributed by atoms with van der Waals surface area (Å²) in [6.07, 6.45) is 5.64. The van der Waals surface area contributed by atoms with Crippen LogP contribution < -0.4 is 5.73 Å². The summed E-state index contributed by atoms with van der Waals surface area (Å²) in [5, 5.41) is 0. The molecule has 1 saturated heterocycles. The highest BCUT2D eigenvalue weighted by Gasteiger charge is 2.31. The molecule has 0 aromatic rings. The fraction of sp³-hybridized carbons (Fsp3) is 1.00. The number of likely N-dealkylation sites (N-methyl/N-ethyl adjacent to an activating group) is 1. The zero-order chi connectivity index (χ0) is 13.0. The number of rotatable bonds is 4. The molecule has 106 valence electrons. The topological polar surface area (TPSA) is 32.5 Å². The molecule has 1 aliphatic heterocycles. The molecule has 0 radical (unpaired) electrons. The fourth-order valence-corrected chi connectivity index (χ4v) is 3.88. The average molecular weight is 253 g/mol. The van der Waals surface area contributed by atoms with Crippen molar-refractivity contribution in [3.05, 3.63) is 0 Å². The zero-order valence-corrected chi connectivity index (χ0v) is 12.3.